The van der Waals surface area contributed by atoms with E-state index < -0.39 is 5.97 Å². The number of rotatable bonds is 6. The lowest BCUT2D eigenvalue weighted by atomic mass is 10.2. The highest BCUT2D eigenvalue weighted by atomic mass is 16.5. The second-order valence-electron chi connectivity index (χ2n) is 4.62. The summed E-state index contributed by atoms with van der Waals surface area (Å²) in [6.07, 6.45) is -0.0446. The number of hydrogen-bond donors (Lipinski definition) is 1. The fourth-order valence-corrected chi connectivity index (χ4v) is 2.14. The summed E-state index contributed by atoms with van der Waals surface area (Å²) >= 11 is 0. The van der Waals surface area contributed by atoms with Gasteiger partial charge in [-0.1, -0.05) is 30.3 Å². The third-order valence-electron chi connectivity index (χ3n) is 3.00. The minimum Gasteiger partial charge on any atom is -0.480 e. The van der Waals surface area contributed by atoms with Crippen molar-refractivity contribution >= 4 is 5.97 Å². The van der Waals surface area contributed by atoms with E-state index in [0.29, 0.717) is 13.2 Å². The van der Waals surface area contributed by atoms with E-state index in [4.69, 9.17) is 14.6 Å². The maximum absolute atomic E-state index is 10.4. The number of hydrogen-bond acceptors (Lipinski definition) is 4. The van der Waals surface area contributed by atoms with Gasteiger partial charge in [0, 0.05) is 19.6 Å². The first-order valence-electron chi connectivity index (χ1n) is 6.41. The van der Waals surface area contributed by atoms with E-state index in [1.165, 1.54) is 5.56 Å². The normalized spacial score (nSPS) is 20.3. The molecule has 1 saturated heterocycles. The molecule has 0 bridgehead atoms. The van der Waals surface area contributed by atoms with Gasteiger partial charge in [0.2, 0.25) is 0 Å². The van der Waals surface area contributed by atoms with Gasteiger partial charge in [0.15, 0.2) is 0 Å². The number of benzene rings is 1. The van der Waals surface area contributed by atoms with Gasteiger partial charge >= 0.3 is 5.97 Å². The largest absolute Gasteiger partial charge is 0.480 e. The Balaban J connectivity index is 1.75. The Bertz CT molecular complexity index is 396. The van der Waals surface area contributed by atoms with E-state index in [-0.39, 0.29) is 12.7 Å². The number of aliphatic carboxylic acids is 1. The Morgan fingerprint density at radius 2 is 2.21 bits per heavy atom. The van der Waals surface area contributed by atoms with Crippen LogP contribution >= 0.6 is 0 Å². The summed E-state index contributed by atoms with van der Waals surface area (Å²) in [5.74, 6) is -0.947. The SMILES string of the molecule is O=C(O)COCC1CN(Cc2ccccc2)CCO1. The van der Waals surface area contributed by atoms with Crippen molar-refractivity contribution in [1.82, 2.24) is 4.90 Å². The average Bonchev–Trinajstić information content (AvgIpc) is 2.40. The van der Waals surface area contributed by atoms with Gasteiger partial charge in [-0.2, -0.15) is 0 Å². The van der Waals surface area contributed by atoms with Gasteiger partial charge in [-0.25, -0.2) is 4.79 Å². The predicted molar refractivity (Wildman–Crippen MR) is 69.9 cm³/mol. The lowest BCUT2D eigenvalue weighted by Gasteiger charge is -2.32. The van der Waals surface area contributed by atoms with Crippen molar-refractivity contribution in [3.63, 3.8) is 0 Å². The third-order valence-corrected chi connectivity index (χ3v) is 3.00. The number of carboxylic acid groups (broad SMARTS) is 1. The van der Waals surface area contributed by atoms with E-state index in [2.05, 4.69) is 17.0 Å². The number of carbonyl (C=O) groups is 1. The first-order chi connectivity index (χ1) is 9.24. The lowest BCUT2D eigenvalue weighted by Crippen LogP contribution is -2.44. The maximum Gasteiger partial charge on any atom is 0.329 e. The van der Waals surface area contributed by atoms with Crippen molar-refractivity contribution in [2.24, 2.45) is 0 Å². The van der Waals surface area contributed by atoms with Gasteiger partial charge in [0.25, 0.3) is 0 Å². The standard InChI is InChI=1S/C14H19NO4/c16-14(17)11-18-10-13-9-15(6-7-19-13)8-12-4-2-1-3-5-12/h1-5,13H,6-11H2,(H,16,17). The Morgan fingerprint density at radius 1 is 1.42 bits per heavy atom. The number of ether oxygens (including phenoxy) is 2. The van der Waals surface area contributed by atoms with Gasteiger partial charge < -0.3 is 14.6 Å². The maximum atomic E-state index is 10.4. The molecule has 104 valence electrons. The highest BCUT2D eigenvalue weighted by Gasteiger charge is 2.20. The van der Waals surface area contributed by atoms with Crippen molar-refractivity contribution in [3.05, 3.63) is 35.9 Å². The Labute approximate surface area is 112 Å². The zero-order valence-corrected chi connectivity index (χ0v) is 10.8. The van der Waals surface area contributed by atoms with Crippen molar-refractivity contribution in [2.45, 2.75) is 12.6 Å². The van der Waals surface area contributed by atoms with Crippen LogP contribution in [0.5, 0.6) is 0 Å². The van der Waals surface area contributed by atoms with Crippen LogP contribution < -0.4 is 0 Å². The molecule has 1 fully saturated rings. The monoisotopic (exact) mass is 265 g/mol. The zero-order chi connectivity index (χ0) is 13.5. The summed E-state index contributed by atoms with van der Waals surface area (Å²) in [6.45, 7) is 3.28. The van der Waals surface area contributed by atoms with Gasteiger partial charge in [-0.05, 0) is 5.56 Å². The molecule has 1 aliphatic heterocycles. The predicted octanol–water partition coefficient (Wildman–Crippen LogP) is 0.989. The molecule has 19 heavy (non-hydrogen) atoms. The number of carboxylic acids is 1. The summed E-state index contributed by atoms with van der Waals surface area (Å²) in [5, 5.41) is 8.51. The Morgan fingerprint density at radius 3 is 2.95 bits per heavy atom. The molecule has 0 spiro atoms. The van der Waals surface area contributed by atoms with Crippen molar-refractivity contribution < 1.29 is 19.4 Å². The van der Waals surface area contributed by atoms with Crippen molar-refractivity contribution in [2.75, 3.05) is 32.9 Å². The Kier molecular flexibility index (Phi) is 5.32. The van der Waals surface area contributed by atoms with E-state index in [9.17, 15) is 4.79 Å². The van der Waals surface area contributed by atoms with E-state index >= 15 is 0 Å². The molecule has 1 aromatic rings. The first-order valence-corrected chi connectivity index (χ1v) is 6.41. The van der Waals surface area contributed by atoms with Gasteiger partial charge in [-0.3, -0.25) is 4.90 Å². The van der Waals surface area contributed by atoms with Crippen LogP contribution in [0.1, 0.15) is 5.56 Å². The second kappa shape index (κ2) is 7.23. The second-order valence-corrected chi connectivity index (χ2v) is 4.62. The smallest absolute Gasteiger partial charge is 0.329 e. The fraction of sp³-hybridized carbons (Fsp3) is 0.500. The van der Waals surface area contributed by atoms with Crippen molar-refractivity contribution in [1.29, 1.82) is 0 Å². The molecule has 0 aliphatic carbocycles. The Hall–Kier alpha value is -1.43. The summed E-state index contributed by atoms with van der Waals surface area (Å²) < 4.78 is 10.6. The lowest BCUT2D eigenvalue weighted by molar-refractivity contribution is -0.144. The molecule has 1 heterocycles. The molecule has 1 atom stereocenters. The van der Waals surface area contributed by atoms with Crippen LogP contribution in [0, 0.1) is 0 Å². The van der Waals surface area contributed by atoms with Crippen LogP contribution in [0.15, 0.2) is 30.3 Å². The molecule has 1 unspecified atom stereocenters. The summed E-state index contributed by atoms with van der Waals surface area (Å²) in [5.41, 5.74) is 1.27. The van der Waals surface area contributed by atoms with E-state index in [0.717, 1.165) is 19.6 Å². The van der Waals surface area contributed by atoms with Gasteiger partial charge in [0.05, 0.1) is 19.3 Å². The molecule has 2 rings (SSSR count). The van der Waals surface area contributed by atoms with Crippen LogP contribution in [0.2, 0.25) is 0 Å². The molecule has 5 nitrogen and oxygen atoms in total. The average molecular weight is 265 g/mol. The molecular weight excluding hydrogens is 246 g/mol. The first kappa shape index (κ1) is 14.0. The minimum absolute atomic E-state index is 0.0446. The summed E-state index contributed by atoms with van der Waals surface area (Å²) in [6, 6.07) is 10.3. The number of nitrogens with zero attached hydrogens (tertiary/aromatic N) is 1. The molecule has 5 heteroatoms. The van der Waals surface area contributed by atoms with Crippen LogP contribution in [0.25, 0.3) is 0 Å². The van der Waals surface area contributed by atoms with Crippen LogP contribution in [-0.2, 0) is 20.8 Å². The van der Waals surface area contributed by atoms with Gasteiger partial charge in [-0.15, -0.1) is 0 Å². The molecule has 1 aromatic carbocycles. The van der Waals surface area contributed by atoms with Crippen LogP contribution in [0.4, 0.5) is 0 Å². The van der Waals surface area contributed by atoms with E-state index in [1.807, 2.05) is 18.2 Å². The van der Waals surface area contributed by atoms with Crippen molar-refractivity contribution in [3.8, 4) is 0 Å². The highest BCUT2D eigenvalue weighted by molar-refractivity contribution is 5.67. The molecular formula is C14H19NO4. The van der Waals surface area contributed by atoms with Crippen LogP contribution in [0.3, 0.4) is 0 Å². The minimum atomic E-state index is -0.947. The molecule has 1 aliphatic rings. The topological polar surface area (TPSA) is 59.0 Å². The molecule has 0 aromatic heterocycles. The molecule has 0 amide bonds. The highest BCUT2D eigenvalue weighted by Crippen LogP contribution is 2.10. The third kappa shape index (κ3) is 4.98. The molecule has 0 radical (unpaired) electrons. The molecule has 1 N–H and O–H groups in total. The van der Waals surface area contributed by atoms with E-state index in [1.54, 1.807) is 0 Å². The summed E-state index contributed by atoms with van der Waals surface area (Å²) in [4.78, 5) is 12.7. The summed E-state index contributed by atoms with van der Waals surface area (Å²) in [7, 11) is 0. The molecule has 0 saturated carbocycles. The zero-order valence-electron chi connectivity index (χ0n) is 10.8. The number of morpholine rings is 1. The van der Waals surface area contributed by atoms with Gasteiger partial charge in [0.1, 0.15) is 6.61 Å². The quantitative estimate of drug-likeness (QED) is 0.831. The fourth-order valence-electron chi connectivity index (χ4n) is 2.14. The van der Waals surface area contributed by atoms with Crippen LogP contribution in [-0.4, -0.2) is 55.0 Å².